The first-order chi connectivity index (χ1) is 8.19. The maximum absolute atomic E-state index is 5.57. The van der Waals surface area contributed by atoms with Gasteiger partial charge in [-0.15, -0.1) is 0 Å². The van der Waals surface area contributed by atoms with Crippen LogP contribution < -0.4 is 5.32 Å². The normalized spacial score (nSPS) is 32.6. The number of nitrogens with one attached hydrogen (secondary N) is 1. The molecule has 3 nitrogen and oxygen atoms in total. The zero-order chi connectivity index (χ0) is 12.3. The Bertz CT molecular complexity index is 230. The Kier molecular flexibility index (Phi) is 4.83. The summed E-state index contributed by atoms with van der Waals surface area (Å²) >= 11 is 0. The molecule has 2 rings (SSSR count). The molecule has 1 N–H and O–H groups in total. The van der Waals surface area contributed by atoms with Gasteiger partial charge in [0.05, 0.1) is 6.10 Å². The maximum atomic E-state index is 5.57. The van der Waals surface area contributed by atoms with Crippen LogP contribution in [0.4, 0.5) is 0 Å². The summed E-state index contributed by atoms with van der Waals surface area (Å²) in [6.07, 6.45) is 4.49. The van der Waals surface area contributed by atoms with Gasteiger partial charge in [0.2, 0.25) is 0 Å². The molecule has 0 aromatic heterocycles. The van der Waals surface area contributed by atoms with Crippen LogP contribution in [0.25, 0.3) is 0 Å². The summed E-state index contributed by atoms with van der Waals surface area (Å²) in [5, 5.41) is 3.62. The maximum Gasteiger partial charge on any atom is 0.0724 e. The van der Waals surface area contributed by atoms with Gasteiger partial charge >= 0.3 is 0 Å². The molecule has 0 spiro atoms. The minimum absolute atomic E-state index is 0.437. The van der Waals surface area contributed by atoms with Crippen molar-refractivity contribution in [1.82, 2.24) is 10.2 Å². The Balaban J connectivity index is 1.66. The third-order valence-corrected chi connectivity index (χ3v) is 4.18. The van der Waals surface area contributed by atoms with Crippen molar-refractivity contribution in [1.29, 1.82) is 0 Å². The Morgan fingerprint density at radius 3 is 2.76 bits per heavy atom. The van der Waals surface area contributed by atoms with Crippen LogP contribution in [0, 0.1) is 11.8 Å². The van der Waals surface area contributed by atoms with Crippen molar-refractivity contribution in [2.45, 2.75) is 45.3 Å². The third kappa shape index (κ3) is 4.23. The Morgan fingerprint density at radius 1 is 1.35 bits per heavy atom. The highest BCUT2D eigenvalue weighted by molar-refractivity contribution is 4.83. The van der Waals surface area contributed by atoms with Gasteiger partial charge < -0.3 is 15.0 Å². The molecule has 100 valence electrons. The van der Waals surface area contributed by atoms with Crippen molar-refractivity contribution >= 4 is 0 Å². The van der Waals surface area contributed by atoms with Gasteiger partial charge in [-0.25, -0.2) is 0 Å². The second-order valence-corrected chi connectivity index (χ2v) is 6.09. The standard InChI is InChI=1S/C14H28N2O/c1-11(8-15-13-4-5-13)9-16-7-6-12(2)14(10-16)17-3/h11-15H,4-10H2,1-3H3. The van der Waals surface area contributed by atoms with Gasteiger partial charge in [-0.1, -0.05) is 13.8 Å². The van der Waals surface area contributed by atoms with E-state index in [2.05, 4.69) is 24.1 Å². The molecule has 0 radical (unpaired) electrons. The molecule has 3 unspecified atom stereocenters. The highest BCUT2D eigenvalue weighted by atomic mass is 16.5. The molecule has 2 fully saturated rings. The minimum Gasteiger partial charge on any atom is -0.380 e. The minimum atomic E-state index is 0.437. The number of rotatable bonds is 6. The summed E-state index contributed by atoms with van der Waals surface area (Å²) in [5.74, 6) is 1.47. The number of methoxy groups -OCH3 is 1. The first-order valence-electron chi connectivity index (χ1n) is 7.17. The van der Waals surface area contributed by atoms with Crippen molar-refractivity contribution < 1.29 is 4.74 Å². The van der Waals surface area contributed by atoms with Crippen LogP contribution in [-0.4, -0.2) is 50.3 Å². The lowest BCUT2D eigenvalue weighted by molar-refractivity contribution is -0.00853. The zero-order valence-electron chi connectivity index (χ0n) is 11.6. The molecule has 1 aliphatic carbocycles. The van der Waals surface area contributed by atoms with Crippen molar-refractivity contribution in [2.75, 3.05) is 33.3 Å². The fraction of sp³-hybridized carbons (Fsp3) is 1.00. The predicted octanol–water partition coefficient (Wildman–Crippen LogP) is 1.73. The van der Waals surface area contributed by atoms with E-state index in [4.69, 9.17) is 4.74 Å². The van der Waals surface area contributed by atoms with Crippen LogP contribution in [0.3, 0.4) is 0 Å². The Hall–Kier alpha value is -0.120. The first-order valence-corrected chi connectivity index (χ1v) is 7.17. The van der Waals surface area contributed by atoms with Gasteiger partial charge in [0, 0.05) is 26.2 Å². The molecular formula is C14H28N2O. The fourth-order valence-corrected chi connectivity index (χ4v) is 2.73. The molecule has 1 aliphatic heterocycles. The lowest BCUT2D eigenvalue weighted by Gasteiger charge is -2.37. The van der Waals surface area contributed by atoms with E-state index in [0.717, 1.165) is 24.4 Å². The van der Waals surface area contributed by atoms with E-state index in [1.54, 1.807) is 0 Å². The lowest BCUT2D eigenvalue weighted by atomic mass is 9.95. The summed E-state index contributed by atoms with van der Waals surface area (Å²) in [6, 6.07) is 0.838. The number of hydrogen-bond acceptors (Lipinski definition) is 3. The predicted molar refractivity (Wildman–Crippen MR) is 71.2 cm³/mol. The first kappa shape index (κ1) is 13.3. The monoisotopic (exact) mass is 240 g/mol. The van der Waals surface area contributed by atoms with Crippen LogP contribution in [0.5, 0.6) is 0 Å². The number of hydrogen-bond donors (Lipinski definition) is 1. The number of ether oxygens (including phenoxy) is 1. The quantitative estimate of drug-likeness (QED) is 0.765. The van der Waals surface area contributed by atoms with E-state index in [1.807, 2.05) is 7.11 Å². The molecule has 0 aromatic carbocycles. The second kappa shape index (κ2) is 6.17. The number of piperidine rings is 1. The number of likely N-dealkylation sites (tertiary alicyclic amines) is 1. The van der Waals surface area contributed by atoms with E-state index in [1.165, 1.54) is 38.9 Å². The zero-order valence-corrected chi connectivity index (χ0v) is 11.6. The van der Waals surface area contributed by atoms with Gasteiger partial charge in [0.1, 0.15) is 0 Å². The molecule has 3 heteroatoms. The van der Waals surface area contributed by atoms with E-state index in [9.17, 15) is 0 Å². The third-order valence-electron chi connectivity index (χ3n) is 4.18. The molecule has 17 heavy (non-hydrogen) atoms. The Labute approximate surface area is 106 Å². The highest BCUT2D eigenvalue weighted by Gasteiger charge is 2.27. The van der Waals surface area contributed by atoms with Crippen molar-refractivity contribution in [2.24, 2.45) is 11.8 Å². The highest BCUT2D eigenvalue weighted by Crippen LogP contribution is 2.21. The molecular weight excluding hydrogens is 212 g/mol. The summed E-state index contributed by atoms with van der Waals surface area (Å²) in [7, 11) is 1.85. The molecule has 3 atom stereocenters. The van der Waals surface area contributed by atoms with E-state index in [0.29, 0.717) is 6.10 Å². The van der Waals surface area contributed by atoms with E-state index >= 15 is 0 Å². The second-order valence-electron chi connectivity index (χ2n) is 6.09. The van der Waals surface area contributed by atoms with Crippen molar-refractivity contribution in [3.8, 4) is 0 Å². The average molecular weight is 240 g/mol. The van der Waals surface area contributed by atoms with E-state index in [-0.39, 0.29) is 0 Å². The van der Waals surface area contributed by atoms with Crippen LogP contribution in [0.2, 0.25) is 0 Å². The smallest absolute Gasteiger partial charge is 0.0724 e. The molecule has 1 saturated carbocycles. The molecule has 2 aliphatic rings. The van der Waals surface area contributed by atoms with Gasteiger partial charge in [-0.2, -0.15) is 0 Å². The lowest BCUT2D eigenvalue weighted by Crippen LogP contribution is -2.46. The summed E-state index contributed by atoms with van der Waals surface area (Å²) in [5.41, 5.74) is 0. The summed E-state index contributed by atoms with van der Waals surface area (Å²) < 4.78 is 5.57. The van der Waals surface area contributed by atoms with Crippen LogP contribution in [0.1, 0.15) is 33.1 Å². The Morgan fingerprint density at radius 2 is 2.12 bits per heavy atom. The van der Waals surface area contributed by atoms with Gasteiger partial charge in [-0.3, -0.25) is 0 Å². The molecule has 1 saturated heterocycles. The fourth-order valence-electron chi connectivity index (χ4n) is 2.73. The van der Waals surface area contributed by atoms with Crippen molar-refractivity contribution in [3.05, 3.63) is 0 Å². The van der Waals surface area contributed by atoms with Gasteiger partial charge in [0.25, 0.3) is 0 Å². The van der Waals surface area contributed by atoms with Crippen LogP contribution in [-0.2, 0) is 4.74 Å². The summed E-state index contributed by atoms with van der Waals surface area (Å²) in [6.45, 7) is 9.42. The molecule has 0 aromatic rings. The van der Waals surface area contributed by atoms with Crippen LogP contribution >= 0.6 is 0 Å². The largest absolute Gasteiger partial charge is 0.380 e. The number of nitrogens with zero attached hydrogens (tertiary/aromatic N) is 1. The van der Waals surface area contributed by atoms with E-state index < -0.39 is 0 Å². The topological polar surface area (TPSA) is 24.5 Å². The average Bonchev–Trinajstić information content (AvgIpc) is 3.13. The summed E-state index contributed by atoms with van der Waals surface area (Å²) in [4.78, 5) is 2.58. The van der Waals surface area contributed by atoms with Gasteiger partial charge in [0.15, 0.2) is 0 Å². The molecule has 0 amide bonds. The van der Waals surface area contributed by atoms with Gasteiger partial charge in [-0.05, 0) is 44.2 Å². The van der Waals surface area contributed by atoms with Crippen LogP contribution in [0.15, 0.2) is 0 Å². The van der Waals surface area contributed by atoms with Crippen molar-refractivity contribution in [3.63, 3.8) is 0 Å². The molecule has 1 heterocycles. The SMILES string of the molecule is COC1CN(CC(C)CNC2CC2)CCC1C. The molecule has 0 bridgehead atoms.